The Morgan fingerprint density at radius 3 is 2.92 bits per heavy atom. The van der Waals surface area contributed by atoms with Crippen molar-refractivity contribution in [1.82, 2.24) is 14.6 Å². The Morgan fingerprint density at radius 1 is 1.32 bits per heavy atom. The number of hydrogen-bond donors (Lipinski definition) is 2. The van der Waals surface area contributed by atoms with E-state index in [1.165, 1.54) is 6.20 Å². The zero-order chi connectivity index (χ0) is 17.2. The van der Waals surface area contributed by atoms with Gasteiger partial charge in [0, 0.05) is 18.3 Å². The summed E-state index contributed by atoms with van der Waals surface area (Å²) in [5, 5.41) is 26.6. The van der Waals surface area contributed by atoms with E-state index in [9.17, 15) is 10.4 Å². The Morgan fingerprint density at radius 2 is 2.16 bits per heavy atom. The third-order valence-corrected chi connectivity index (χ3v) is 4.51. The van der Waals surface area contributed by atoms with E-state index in [0.29, 0.717) is 11.2 Å². The molecule has 4 rings (SSSR count). The average Bonchev–Trinajstić information content (AvgIpc) is 3.29. The van der Waals surface area contributed by atoms with Gasteiger partial charge in [-0.1, -0.05) is 18.2 Å². The Hall–Kier alpha value is -3.11. The molecule has 126 valence electrons. The number of nitrogens with zero attached hydrogens (tertiary/aromatic N) is 5. The summed E-state index contributed by atoms with van der Waals surface area (Å²) in [5.74, 6) is 1.48. The number of para-hydroxylation sites is 1. The van der Waals surface area contributed by atoms with Gasteiger partial charge in [0.2, 0.25) is 0 Å². The molecular weight excluding hydrogens is 316 g/mol. The van der Waals surface area contributed by atoms with Crippen molar-refractivity contribution in [3.05, 3.63) is 48.2 Å². The predicted octanol–water partition coefficient (Wildman–Crippen LogP) is 2.31. The molecule has 7 heteroatoms. The zero-order valence-corrected chi connectivity index (χ0v) is 13.6. The second-order valence-corrected chi connectivity index (χ2v) is 6.07. The molecule has 3 heterocycles. The number of aliphatic hydroxyl groups excluding tert-OH is 1. The molecule has 3 aromatic rings. The van der Waals surface area contributed by atoms with E-state index in [1.54, 1.807) is 4.52 Å². The van der Waals surface area contributed by atoms with Crippen LogP contribution in [0.3, 0.4) is 0 Å². The average molecular weight is 334 g/mol. The quantitative estimate of drug-likeness (QED) is 0.761. The Bertz CT molecular complexity index is 930. The van der Waals surface area contributed by atoms with Crippen molar-refractivity contribution in [2.24, 2.45) is 0 Å². The topological polar surface area (TPSA) is 89.5 Å². The van der Waals surface area contributed by atoms with Gasteiger partial charge in [0.15, 0.2) is 5.65 Å². The van der Waals surface area contributed by atoms with E-state index < -0.39 is 0 Å². The molecule has 2 N–H and O–H groups in total. The molecular formula is C18H18N6O. The van der Waals surface area contributed by atoms with E-state index in [-0.39, 0.29) is 12.6 Å². The molecule has 1 saturated heterocycles. The van der Waals surface area contributed by atoms with Crippen molar-refractivity contribution in [2.45, 2.75) is 18.9 Å². The molecule has 0 radical (unpaired) electrons. The lowest BCUT2D eigenvalue weighted by Gasteiger charge is -2.25. The fourth-order valence-electron chi connectivity index (χ4n) is 3.26. The molecule has 1 aliphatic rings. The van der Waals surface area contributed by atoms with Gasteiger partial charge in [0.05, 0.1) is 18.8 Å². The highest BCUT2D eigenvalue weighted by Gasteiger charge is 2.26. The van der Waals surface area contributed by atoms with Crippen LogP contribution in [-0.4, -0.2) is 38.9 Å². The van der Waals surface area contributed by atoms with Crippen molar-refractivity contribution in [2.75, 3.05) is 23.4 Å². The molecule has 7 nitrogen and oxygen atoms in total. The zero-order valence-electron chi connectivity index (χ0n) is 13.6. The molecule has 1 atom stereocenters. The van der Waals surface area contributed by atoms with Crippen molar-refractivity contribution >= 4 is 23.0 Å². The fourth-order valence-corrected chi connectivity index (χ4v) is 3.26. The summed E-state index contributed by atoms with van der Waals surface area (Å²) in [7, 11) is 0. The number of aromatic nitrogens is 3. The number of anilines is 3. The molecule has 0 aliphatic carbocycles. The Balaban J connectivity index is 1.83. The molecule has 25 heavy (non-hydrogen) atoms. The van der Waals surface area contributed by atoms with Gasteiger partial charge in [-0.2, -0.15) is 14.9 Å². The molecule has 1 aliphatic heterocycles. The smallest absolute Gasteiger partial charge is 0.177 e. The molecule has 2 aromatic heterocycles. The van der Waals surface area contributed by atoms with E-state index in [1.807, 2.05) is 36.4 Å². The first kappa shape index (κ1) is 15.4. The standard InChI is InChI=1S/C18H18N6O/c19-10-13-11-20-24-17(21-14-5-2-1-3-6-14)9-16(22-18(13)24)23-8-4-7-15(23)12-25/h1-3,5-6,9,11,15,21,25H,4,7-8,12H2/t15-/m0/s1. The largest absolute Gasteiger partial charge is 0.394 e. The maximum atomic E-state index is 9.62. The van der Waals surface area contributed by atoms with Crippen molar-refractivity contribution in [3.63, 3.8) is 0 Å². The van der Waals surface area contributed by atoms with E-state index in [0.717, 1.165) is 36.7 Å². The van der Waals surface area contributed by atoms with Gasteiger partial charge in [0.25, 0.3) is 0 Å². The molecule has 1 aromatic carbocycles. The van der Waals surface area contributed by atoms with Gasteiger partial charge >= 0.3 is 0 Å². The number of benzene rings is 1. The number of nitriles is 1. The van der Waals surface area contributed by atoms with Gasteiger partial charge in [0.1, 0.15) is 23.3 Å². The first-order chi connectivity index (χ1) is 12.3. The van der Waals surface area contributed by atoms with E-state index in [2.05, 4.69) is 26.4 Å². The first-order valence-corrected chi connectivity index (χ1v) is 8.28. The summed E-state index contributed by atoms with van der Waals surface area (Å²) in [5.41, 5.74) is 1.87. The van der Waals surface area contributed by atoms with Gasteiger partial charge in [-0.05, 0) is 25.0 Å². The molecule has 0 bridgehead atoms. The second kappa shape index (κ2) is 6.42. The maximum Gasteiger partial charge on any atom is 0.177 e. The van der Waals surface area contributed by atoms with Crippen LogP contribution in [0, 0.1) is 11.3 Å². The minimum absolute atomic E-state index is 0.0629. The third kappa shape index (κ3) is 2.77. The molecule has 0 spiro atoms. The minimum Gasteiger partial charge on any atom is -0.394 e. The van der Waals surface area contributed by atoms with Crippen molar-refractivity contribution in [1.29, 1.82) is 5.26 Å². The summed E-state index contributed by atoms with van der Waals surface area (Å²) in [6, 6.07) is 13.9. The van der Waals surface area contributed by atoms with Crippen LogP contribution in [0.25, 0.3) is 5.65 Å². The van der Waals surface area contributed by atoms with Crippen LogP contribution in [0.15, 0.2) is 42.6 Å². The van der Waals surface area contributed by atoms with Crippen LogP contribution in [0.5, 0.6) is 0 Å². The van der Waals surface area contributed by atoms with Gasteiger partial charge < -0.3 is 15.3 Å². The lowest BCUT2D eigenvalue weighted by atomic mass is 10.2. The Labute approximate surface area is 145 Å². The predicted molar refractivity (Wildman–Crippen MR) is 94.9 cm³/mol. The summed E-state index contributed by atoms with van der Waals surface area (Å²) < 4.78 is 1.64. The number of nitrogens with one attached hydrogen (secondary N) is 1. The lowest BCUT2D eigenvalue weighted by molar-refractivity contribution is 0.266. The SMILES string of the molecule is N#Cc1cnn2c(Nc3ccccc3)cc(N3CCC[C@H]3CO)nc12. The second-order valence-electron chi connectivity index (χ2n) is 6.07. The van der Waals surface area contributed by atoms with Crippen LogP contribution in [0.2, 0.25) is 0 Å². The summed E-state index contributed by atoms with van der Waals surface area (Å²) in [6.07, 6.45) is 3.48. The summed E-state index contributed by atoms with van der Waals surface area (Å²) in [6.45, 7) is 0.938. The normalized spacial score (nSPS) is 17.0. The minimum atomic E-state index is 0.0629. The number of rotatable bonds is 4. The fraction of sp³-hybridized carbons (Fsp3) is 0.278. The van der Waals surface area contributed by atoms with Crippen LogP contribution in [0.1, 0.15) is 18.4 Å². The molecule has 0 amide bonds. The van der Waals surface area contributed by atoms with Crippen molar-refractivity contribution < 1.29 is 5.11 Å². The summed E-state index contributed by atoms with van der Waals surface area (Å²) >= 11 is 0. The van der Waals surface area contributed by atoms with Crippen LogP contribution >= 0.6 is 0 Å². The van der Waals surface area contributed by atoms with Crippen molar-refractivity contribution in [3.8, 4) is 6.07 Å². The van der Waals surface area contributed by atoms with Gasteiger partial charge in [-0.3, -0.25) is 0 Å². The van der Waals surface area contributed by atoms with Crippen LogP contribution in [-0.2, 0) is 0 Å². The van der Waals surface area contributed by atoms with Gasteiger partial charge in [-0.15, -0.1) is 0 Å². The highest BCUT2D eigenvalue weighted by atomic mass is 16.3. The highest BCUT2D eigenvalue weighted by Crippen LogP contribution is 2.28. The van der Waals surface area contributed by atoms with E-state index >= 15 is 0 Å². The maximum absolute atomic E-state index is 9.62. The molecule has 0 saturated carbocycles. The monoisotopic (exact) mass is 334 g/mol. The first-order valence-electron chi connectivity index (χ1n) is 8.28. The number of aliphatic hydroxyl groups is 1. The van der Waals surface area contributed by atoms with Crippen LogP contribution < -0.4 is 10.2 Å². The Kier molecular flexibility index (Phi) is 3.96. The number of hydrogen-bond acceptors (Lipinski definition) is 6. The van der Waals surface area contributed by atoms with Gasteiger partial charge in [-0.25, -0.2) is 4.98 Å². The summed E-state index contributed by atoms with van der Waals surface area (Å²) in [4.78, 5) is 6.74. The lowest BCUT2D eigenvalue weighted by Crippen LogP contribution is -2.33. The molecule has 0 unspecified atom stereocenters. The van der Waals surface area contributed by atoms with E-state index in [4.69, 9.17) is 0 Å². The highest BCUT2D eigenvalue weighted by molar-refractivity contribution is 5.68. The van der Waals surface area contributed by atoms with Crippen LogP contribution in [0.4, 0.5) is 17.3 Å². The number of fused-ring (bicyclic) bond motifs is 1. The molecule has 1 fully saturated rings. The third-order valence-electron chi connectivity index (χ3n) is 4.51.